The quantitative estimate of drug-likeness (QED) is 0.302. The molecular formula is C35H38O12. The molecule has 47 heavy (non-hydrogen) atoms. The molecule has 1 heterocycles. The van der Waals surface area contributed by atoms with Gasteiger partial charge in [-0.3, -0.25) is 19.2 Å². The predicted molar refractivity (Wildman–Crippen MR) is 162 cm³/mol. The van der Waals surface area contributed by atoms with Gasteiger partial charge in [-0.25, -0.2) is 9.59 Å². The third-order valence-corrected chi connectivity index (χ3v) is 9.43. The van der Waals surface area contributed by atoms with Gasteiger partial charge in [-0.05, 0) is 50.5 Å². The van der Waals surface area contributed by atoms with E-state index in [4.69, 9.17) is 28.4 Å². The van der Waals surface area contributed by atoms with Gasteiger partial charge in [0.05, 0.1) is 22.6 Å². The summed E-state index contributed by atoms with van der Waals surface area (Å²) in [5.41, 5.74) is -4.93. The fourth-order valence-corrected chi connectivity index (χ4v) is 7.83. The Morgan fingerprint density at radius 1 is 0.745 bits per heavy atom. The number of Topliss-reactive ketones (excluding diaryl/α,β-unsaturated/α-hetero) is 1. The lowest BCUT2D eigenvalue weighted by atomic mass is 9.47. The Hall–Kier alpha value is -4.58. The number of ether oxygens (including phenoxy) is 6. The number of benzene rings is 2. The summed E-state index contributed by atoms with van der Waals surface area (Å²) < 4.78 is 36.5. The summed E-state index contributed by atoms with van der Waals surface area (Å²) in [7, 11) is 0. The summed E-state index contributed by atoms with van der Waals surface area (Å²) in [6.45, 7) is 7.85. The highest BCUT2D eigenvalue weighted by Gasteiger charge is 2.85. The van der Waals surface area contributed by atoms with Crippen LogP contribution in [0.2, 0.25) is 0 Å². The van der Waals surface area contributed by atoms with Crippen molar-refractivity contribution in [3.63, 3.8) is 0 Å². The highest BCUT2D eigenvalue weighted by molar-refractivity contribution is 5.96. The van der Waals surface area contributed by atoms with Gasteiger partial charge in [0.25, 0.3) is 0 Å². The van der Waals surface area contributed by atoms with Gasteiger partial charge in [0.15, 0.2) is 18.0 Å². The maximum atomic E-state index is 14.9. The second kappa shape index (κ2) is 12.6. The molecule has 2 aliphatic carbocycles. The highest BCUT2D eigenvalue weighted by atomic mass is 16.6. The van der Waals surface area contributed by atoms with Crippen LogP contribution in [-0.2, 0) is 47.6 Å². The average molecular weight is 651 g/mol. The second-order valence-electron chi connectivity index (χ2n) is 12.9. The van der Waals surface area contributed by atoms with E-state index < -0.39 is 95.1 Å². The third kappa shape index (κ3) is 5.68. The van der Waals surface area contributed by atoms with Gasteiger partial charge < -0.3 is 28.4 Å². The molecule has 0 N–H and O–H groups in total. The second-order valence-corrected chi connectivity index (χ2v) is 12.9. The molecular weight excluding hydrogens is 612 g/mol. The number of hydrogen-bond acceptors (Lipinski definition) is 12. The minimum Gasteiger partial charge on any atom is -0.465 e. The van der Waals surface area contributed by atoms with Gasteiger partial charge in [0, 0.05) is 20.8 Å². The van der Waals surface area contributed by atoms with E-state index in [1.807, 2.05) is 0 Å². The Labute approximate surface area is 272 Å². The minimum absolute atomic E-state index is 0.0161. The van der Waals surface area contributed by atoms with E-state index in [9.17, 15) is 28.8 Å². The highest BCUT2D eigenvalue weighted by Crippen LogP contribution is 2.67. The van der Waals surface area contributed by atoms with Gasteiger partial charge in [0.2, 0.25) is 0 Å². The molecule has 3 fully saturated rings. The Balaban J connectivity index is 1.82. The molecule has 250 valence electrons. The summed E-state index contributed by atoms with van der Waals surface area (Å²) in [6, 6.07) is 15.9. The molecule has 2 saturated carbocycles. The molecule has 12 heteroatoms. The molecule has 2 aromatic rings. The molecule has 12 nitrogen and oxygen atoms in total. The number of rotatable bonds is 8. The van der Waals surface area contributed by atoms with Crippen molar-refractivity contribution < 1.29 is 57.2 Å². The van der Waals surface area contributed by atoms with E-state index in [0.717, 1.165) is 6.92 Å². The number of carbonyl (C=O) groups excluding carboxylic acids is 6. The number of esters is 5. The molecule has 2 aromatic carbocycles. The van der Waals surface area contributed by atoms with E-state index in [0.29, 0.717) is 0 Å². The zero-order valence-electron chi connectivity index (χ0n) is 27.1. The van der Waals surface area contributed by atoms with Crippen LogP contribution in [0, 0.1) is 17.3 Å². The van der Waals surface area contributed by atoms with Gasteiger partial charge >= 0.3 is 29.8 Å². The standard InChI is InChI=1S/C35H38O12/c1-19-17-25(43-21(3)37)28(45-31(40)23-13-9-7-10-14-23)34(18-42-20(2)36)30(46-32(41)24-15-11-8-12-16-24)27(39)26-29(44-22(4)38)35(19,34)47-33(26,5)6/h7-16,19,25-26,28-30H,17-18H2,1-6H3/t19-,25+,26-,28+,29-,30-,34+,35-/m1/s1. The van der Waals surface area contributed by atoms with Crippen molar-refractivity contribution in [2.45, 2.75) is 83.6 Å². The van der Waals surface area contributed by atoms with Crippen LogP contribution in [0.5, 0.6) is 0 Å². The molecule has 0 unspecified atom stereocenters. The molecule has 0 aromatic heterocycles. The summed E-state index contributed by atoms with van der Waals surface area (Å²) >= 11 is 0. The van der Waals surface area contributed by atoms with E-state index in [1.165, 1.54) is 38.1 Å². The van der Waals surface area contributed by atoms with Crippen molar-refractivity contribution in [1.29, 1.82) is 0 Å². The van der Waals surface area contributed by atoms with E-state index in [1.54, 1.807) is 57.2 Å². The normalized spacial score (nSPS) is 31.9. The summed E-state index contributed by atoms with van der Waals surface area (Å²) in [5.74, 6) is -6.53. The van der Waals surface area contributed by atoms with Crippen LogP contribution in [0.25, 0.3) is 0 Å². The van der Waals surface area contributed by atoms with Gasteiger partial charge in [-0.15, -0.1) is 0 Å². The Morgan fingerprint density at radius 3 is 1.79 bits per heavy atom. The number of fused-ring (bicyclic) bond motifs is 1. The lowest BCUT2D eigenvalue weighted by molar-refractivity contribution is -0.310. The van der Waals surface area contributed by atoms with Crippen molar-refractivity contribution in [2.24, 2.45) is 17.3 Å². The lowest BCUT2D eigenvalue weighted by Gasteiger charge is -2.62. The lowest BCUT2D eigenvalue weighted by Crippen LogP contribution is -2.80. The van der Waals surface area contributed by atoms with Gasteiger partial charge in [0.1, 0.15) is 29.8 Å². The fourth-order valence-electron chi connectivity index (χ4n) is 7.83. The Bertz CT molecular complexity index is 1570. The average Bonchev–Trinajstić information content (AvgIpc) is 3.21. The van der Waals surface area contributed by atoms with Gasteiger partial charge in [-0.1, -0.05) is 43.3 Å². The monoisotopic (exact) mass is 650 g/mol. The van der Waals surface area contributed by atoms with E-state index in [2.05, 4.69) is 0 Å². The maximum absolute atomic E-state index is 14.9. The molecule has 0 radical (unpaired) electrons. The first-order chi connectivity index (χ1) is 22.2. The largest absolute Gasteiger partial charge is 0.465 e. The summed E-state index contributed by atoms with van der Waals surface area (Å²) in [5, 5.41) is 0. The summed E-state index contributed by atoms with van der Waals surface area (Å²) in [6.07, 6.45) is -5.91. The fraction of sp³-hybridized carbons (Fsp3) is 0.486. The molecule has 3 aliphatic rings. The van der Waals surface area contributed by atoms with Crippen molar-refractivity contribution >= 4 is 35.6 Å². The smallest absolute Gasteiger partial charge is 0.338 e. The maximum Gasteiger partial charge on any atom is 0.338 e. The van der Waals surface area contributed by atoms with Crippen molar-refractivity contribution in [3.05, 3.63) is 71.8 Å². The first-order valence-corrected chi connectivity index (χ1v) is 15.4. The van der Waals surface area contributed by atoms with Crippen LogP contribution < -0.4 is 0 Å². The Kier molecular flexibility index (Phi) is 9.02. The number of ketones is 1. The number of hydrogen-bond donors (Lipinski definition) is 0. The Morgan fingerprint density at radius 2 is 1.28 bits per heavy atom. The van der Waals surface area contributed by atoms with Crippen molar-refractivity contribution in [2.75, 3.05) is 6.61 Å². The first-order valence-electron chi connectivity index (χ1n) is 15.4. The zero-order chi connectivity index (χ0) is 34.3. The van der Waals surface area contributed by atoms with Crippen molar-refractivity contribution in [3.8, 4) is 0 Å². The topological polar surface area (TPSA) is 158 Å². The molecule has 0 amide bonds. The molecule has 5 rings (SSSR count). The van der Waals surface area contributed by atoms with Gasteiger partial charge in [-0.2, -0.15) is 0 Å². The summed E-state index contributed by atoms with van der Waals surface area (Å²) in [4.78, 5) is 80.2. The zero-order valence-corrected chi connectivity index (χ0v) is 27.1. The van der Waals surface area contributed by atoms with Crippen LogP contribution in [0.1, 0.15) is 68.7 Å². The van der Waals surface area contributed by atoms with Crippen LogP contribution in [-0.4, -0.2) is 77.9 Å². The third-order valence-electron chi connectivity index (χ3n) is 9.43. The van der Waals surface area contributed by atoms with E-state index >= 15 is 0 Å². The predicted octanol–water partition coefficient (Wildman–Crippen LogP) is 3.64. The van der Waals surface area contributed by atoms with Crippen LogP contribution in [0.3, 0.4) is 0 Å². The van der Waals surface area contributed by atoms with Crippen LogP contribution >= 0.6 is 0 Å². The molecule has 1 aliphatic heterocycles. The molecule has 1 saturated heterocycles. The SMILES string of the molecule is CC(=O)OC[C@]12[C@H](OC(=O)c3ccccc3)C(=O)[C@@H]3[C@@H](OC(C)=O)[C@]1(OC3(C)C)[C@H](C)C[C@H](OC(C)=O)[C@@H]2OC(=O)c1ccccc1. The van der Waals surface area contributed by atoms with E-state index in [-0.39, 0.29) is 17.5 Å². The van der Waals surface area contributed by atoms with Crippen LogP contribution in [0.4, 0.5) is 0 Å². The molecule has 8 atom stereocenters. The minimum atomic E-state index is -2.09. The molecule has 2 bridgehead atoms. The number of carbonyl (C=O) groups is 6. The first kappa shape index (κ1) is 33.8. The van der Waals surface area contributed by atoms with Crippen LogP contribution in [0.15, 0.2) is 60.7 Å². The molecule has 1 spiro atoms. The van der Waals surface area contributed by atoms with Crippen molar-refractivity contribution in [1.82, 2.24) is 0 Å².